The van der Waals surface area contributed by atoms with E-state index < -0.39 is 0 Å². The summed E-state index contributed by atoms with van der Waals surface area (Å²) in [7, 11) is 0. The van der Waals surface area contributed by atoms with Gasteiger partial charge in [0.2, 0.25) is 0 Å². The van der Waals surface area contributed by atoms with E-state index in [0.29, 0.717) is 10.4 Å². The Labute approximate surface area is 132 Å². The normalized spacial score (nSPS) is 18.8. The van der Waals surface area contributed by atoms with Gasteiger partial charge in [0.05, 0.1) is 17.6 Å². The Hall–Kier alpha value is -1.62. The fourth-order valence-electron chi connectivity index (χ4n) is 2.81. The molecule has 2 aromatic rings. The summed E-state index contributed by atoms with van der Waals surface area (Å²) in [6, 6.07) is 9.48. The maximum Gasteiger partial charge on any atom is 0.287 e. The summed E-state index contributed by atoms with van der Waals surface area (Å²) in [6.45, 7) is 4.22. The van der Waals surface area contributed by atoms with Gasteiger partial charge in [-0.1, -0.05) is 25.1 Å². The second-order valence-corrected chi connectivity index (χ2v) is 6.38. The molecule has 110 valence electrons. The Kier molecular flexibility index (Phi) is 4.10. The molecule has 0 radical (unpaired) electrons. The van der Waals surface area contributed by atoms with E-state index in [1.165, 1.54) is 11.1 Å². The first-order chi connectivity index (χ1) is 10.2. The van der Waals surface area contributed by atoms with Crippen molar-refractivity contribution in [3.05, 3.63) is 51.4 Å². The van der Waals surface area contributed by atoms with Gasteiger partial charge in [0.25, 0.3) is 5.56 Å². The van der Waals surface area contributed by atoms with Gasteiger partial charge in [-0.25, -0.2) is 0 Å². The maximum atomic E-state index is 12.5. The molecule has 3 rings (SSSR count). The van der Waals surface area contributed by atoms with Crippen molar-refractivity contribution in [1.29, 1.82) is 0 Å². The number of anilines is 1. The first-order valence-electron chi connectivity index (χ1n) is 7.25. The third-order valence-electron chi connectivity index (χ3n) is 3.90. The van der Waals surface area contributed by atoms with E-state index in [1.807, 2.05) is 30.3 Å². The molecule has 0 N–H and O–H groups in total. The van der Waals surface area contributed by atoms with E-state index in [1.54, 1.807) is 6.20 Å². The monoisotopic (exact) mass is 347 g/mol. The number of hydrogen-bond donors (Lipinski definition) is 0. The van der Waals surface area contributed by atoms with Crippen LogP contribution in [0.2, 0.25) is 0 Å². The fraction of sp³-hybridized carbons (Fsp3) is 0.375. The second-order valence-electron chi connectivity index (χ2n) is 5.59. The van der Waals surface area contributed by atoms with Gasteiger partial charge in [-0.2, -0.15) is 9.78 Å². The summed E-state index contributed by atoms with van der Waals surface area (Å²) in [5, 5.41) is 4.34. The van der Waals surface area contributed by atoms with Gasteiger partial charge >= 0.3 is 0 Å². The lowest BCUT2D eigenvalue weighted by Crippen LogP contribution is -2.36. The van der Waals surface area contributed by atoms with Crippen molar-refractivity contribution in [2.75, 3.05) is 18.0 Å². The number of rotatable bonds is 2. The average molecular weight is 348 g/mol. The summed E-state index contributed by atoms with van der Waals surface area (Å²) in [6.07, 6.45) is 4.20. The molecule has 1 aromatic carbocycles. The van der Waals surface area contributed by atoms with Crippen LogP contribution in [0.3, 0.4) is 0 Å². The van der Waals surface area contributed by atoms with Crippen LogP contribution in [0.25, 0.3) is 5.69 Å². The number of aromatic nitrogens is 2. The van der Waals surface area contributed by atoms with Crippen molar-refractivity contribution in [3.63, 3.8) is 0 Å². The van der Waals surface area contributed by atoms with Gasteiger partial charge < -0.3 is 4.90 Å². The summed E-state index contributed by atoms with van der Waals surface area (Å²) in [4.78, 5) is 14.8. The van der Waals surface area contributed by atoms with Crippen molar-refractivity contribution in [2.45, 2.75) is 19.8 Å². The predicted molar refractivity (Wildman–Crippen MR) is 88.1 cm³/mol. The molecular formula is C16H18BrN3O. The van der Waals surface area contributed by atoms with Crippen molar-refractivity contribution in [3.8, 4) is 5.69 Å². The van der Waals surface area contributed by atoms with Crippen molar-refractivity contribution in [1.82, 2.24) is 9.78 Å². The number of para-hydroxylation sites is 1. The SMILES string of the molecule is CC1CCCN(c2cnn(-c3ccccc3)c(=O)c2Br)C1. The minimum atomic E-state index is -0.114. The van der Waals surface area contributed by atoms with Crippen LogP contribution in [-0.4, -0.2) is 22.9 Å². The smallest absolute Gasteiger partial charge is 0.287 e. The summed E-state index contributed by atoms with van der Waals surface area (Å²) in [5.41, 5.74) is 1.57. The van der Waals surface area contributed by atoms with E-state index in [-0.39, 0.29) is 5.56 Å². The van der Waals surface area contributed by atoms with Crippen LogP contribution < -0.4 is 10.5 Å². The van der Waals surface area contributed by atoms with Crippen LogP contribution in [0.15, 0.2) is 45.8 Å². The molecule has 1 fully saturated rings. The minimum absolute atomic E-state index is 0.114. The fourth-order valence-corrected chi connectivity index (χ4v) is 3.33. The highest BCUT2D eigenvalue weighted by Gasteiger charge is 2.21. The highest BCUT2D eigenvalue weighted by atomic mass is 79.9. The predicted octanol–water partition coefficient (Wildman–Crippen LogP) is 3.23. The zero-order chi connectivity index (χ0) is 14.8. The van der Waals surface area contributed by atoms with Crippen molar-refractivity contribution >= 4 is 21.6 Å². The standard InChI is InChI=1S/C16H18BrN3O/c1-12-6-5-9-19(11-12)14-10-18-20(16(21)15(14)17)13-7-3-2-4-8-13/h2-4,7-8,10,12H,5-6,9,11H2,1H3. The quantitative estimate of drug-likeness (QED) is 0.836. The lowest BCUT2D eigenvalue weighted by molar-refractivity contribution is 0.445. The second kappa shape index (κ2) is 6.02. The van der Waals surface area contributed by atoms with Crippen LogP contribution in [0, 0.1) is 5.92 Å². The largest absolute Gasteiger partial charge is 0.369 e. The minimum Gasteiger partial charge on any atom is -0.369 e. The molecule has 1 aliphatic rings. The first kappa shape index (κ1) is 14.3. The maximum absolute atomic E-state index is 12.5. The summed E-state index contributed by atoms with van der Waals surface area (Å²) >= 11 is 3.47. The van der Waals surface area contributed by atoms with E-state index in [4.69, 9.17) is 0 Å². The molecule has 0 amide bonds. The molecular weight excluding hydrogens is 330 g/mol. The van der Waals surface area contributed by atoms with Gasteiger partial charge in [0.15, 0.2) is 0 Å². The lowest BCUT2D eigenvalue weighted by Gasteiger charge is -2.33. The number of halogens is 1. The van der Waals surface area contributed by atoms with Crippen molar-refractivity contribution in [2.24, 2.45) is 5.92 Å². The molecule has 1 unspecified atom stereocenters. The molecule has 0 spiro atoms. The zero-order valence-corrected chi connectivity index (χ0v) is 13.6. The average Bonchev–Trinajstić information content (AvgIpc) is 2.51. The Morgan fingerprint density at radius 3 is 2.76 bits per heavy atom. The number of benzene rings is 1. The lowest BCUT2D eigenvalue weighted by atomic mass is 10.00. The van der Waals surface area contributed by atoms with Gasteiger partial charge in [0.1, 0.15) is 4.47 Å². The van der Waals surface area contributed by atoms with Gasteiger partial charge in [-0.15, -0.1) is 0 Å². The van der Waals surface area contributed by atoms with Crippen LogP contribution in [0.4, 0.5) is 5.69 Å². The highest BCUT2D eigenvalue weighted by molar-refractivity contribution is 9.10. The molecule has 1 saturated heterocycles. The Balaban J connectivity index is 1.99. The third-order valence-corrected chi connectivity index (χ3v) is 4.64. The van der Waals surface area contributed by atoms with E-state index in [0.717, 1.165) is 30.9 Å². The molecule has 0 saturated carbocycles. The van der Waals surface area contributed by atoms with E-state index >= 15 is 0 Å². The number of hydrogen-bond acceptors (Lipinski definition) is 3. The van der Waals surface area contributed by atoms with E-state index in [9.17, 15) is 4.79 Å². The number of piperidine rings is 1. The molecule has 2 heterocycles. The highest BCUT2D eigenvalue weighted by Crippen LogP contribution is 2.27. The molecule has 1 aromatic heterocycles. The van der Waals surface area contributed by atoms with Gasteiger partial charge in [-0.05, 0) is 46.8 Å². The summed E-state index contributed by atoms with van der Waals surface area (Å²) in [5.74, 6) is 0.655. The third kappa shape index (κ3) is 2.88. The topological polar surface area (TPSA) is 38.1 Å². The molecule has 0 bridgehead atoms. The van der Waals surface area contributed by atoms with Gasteiger partial charge in [-0.3, -0.25) is 4.79 Å². The Morgan fingerprint density at radius 1 is 1.29 bits per heavy atom. The molecule has 1 atom stereocenters. The summed E-state index contributed by atoms with van der Waals surface area (Å²) < 4.78 is 2.02. The van der Waals surface area contributed by atoms with Crippen molar-refractivity contribution < 1.29 is 0 Å². The van der Waals surface area contributed by atoms with Crippen LogP contribution in [-0.2, 0) is 0 Å². The van der Waals surface area contributed by atoms with Crippen LogP contribution >= 0.6 is 15.9 Å². The number of nitrogens with zero attached hydrogens (tertiary/aromatic N) is 3. The Bertz CT molecular complexity index is 684. The molecule has 5 heteroatoms. The zero-order valence-electron chi connectivity index (χ0n) is 12.0. The molecule has 4 nitrogen and oxygen atoms in total. The van der Waals surface area contributed by atoms with Crippen LogP contribution in [0.5, 0.6) is 0 Å². The molecule has 21 heavy (non-hydrogen) atoms. The Morgan fingerprint density at radius 2 is 2.05 bits per heavy atom. The molecule has 1 aliphatic heterocycles. The molecule has 0 aliphatic carbocycles. The van der Waals surface area contributed by atoms with E-state index in [2.05, 4.69) is 32.9 Å². The van der Waals surface area contributed by atoms with Gasteiger partial charge in [0, 0.05) is 13.1 Å². The first-order valence-corrected chi connectivity index (χ1v) is 8.04. The van der Waals surface area contributed by atoms with Crippen LogP contribution in [0.1, 0.15) is 19.8 Å².